The second kappa shape index (κ2) is 14.5. The molecule has 8 nitrogen and oxygen atoms in total. The Morgan fingerprint density at radius 1 is 0.929 bits per heavy atom. The van der Waals surface area contributed by atoms with Crippen molar-refractivity contribution in [2.75, 3.05) is 6.61 Å². The van der Waals surface area contributed by atoms with Gasteiger partial charge in [-0.25, -0.2) is 9.59 Å². The number of carbonyl (C=O) groups excluding carboxylic acids is 2. The minimum absolute atomic E-state index is 0.263. The van der Waals surface area contributed by atoms with Crippen LogP contribution < -0.4 is 0 Å². The lowest BCUT2D eigenvalue weighted by Gasteiger charge is -2.25. The van der Waals surface area contributed by atoms with Crippen molar-refractivity contribution in [2.45, 2.75) is 98.9 Å². The van der Waals surface area contributed by atoms with Crippen molar-refractivity contribution in [3.63, 3.8) is 0 Å². The monoisotopic (exact) mass is 406 g/mol. The smallest absolute Gasteiger partial charge is 0.432 e. The van der Waals surface area contributed by atoms with Crippen LogP contribution in [-0.4, -0.2) is 30.8 Å². The molecule has 28 heavy (non-hydrogen) atoms. The standard InChI is InChI=1S/C20H38O8/c1-8-10-11-17(9-2)14-23-18(21)25-27-20(7,13-12-15(3)4)28-26-19(22)24-16(5)6/h15-17H,8-14H2,1-7H3. The number of carbonyl (C=O) groups is 2. The van der Waals surface area contributed by atoms with E-state index in [4.69, 9.17) is 24.1 Å². The highest BCUT2D eigenvalue weighted by Gasteiger charge is 2.34. The summed E-state index contributed by atoms with van der Waals surface area (Å²) < 4.78 is 9.95. The molecule has 166 valence electrons. The van der Waals surface area contributed by atoms with Gasteiger partial charge in [0.1, 0.15) is 0 Å². The maximum Gasteiger partial charge on any atom is 0.540 e. The van der Waals surface area contributed by atoms with Gasteiger partial charge in [-0.15, -0.1) is 9.78 Å². The van der Waals surface area contributed by atoms with Gasteiger partial charge in [0.25, 0.3) is 5.79 Å². The fraction of sp³-hybridized carbons (Fsp3) is 0.900. The Labute approximate surface area is 169 Å². The molecule has 0 aromatic rings. The second-order valence-electron chi connectivity index (χ2n) is 7.79. The Morgan fingerprint density at radius 3 is 2.04 bits per heavy atom. The molecule has 0 aliphatic heterocycles. The lowest BCUT2D eigenvalue weighted by Crippen LogP contribution is -2.35. The Bertz CT molecular complexity index is 438. The van der Waals surface area contributed by atoms with Crippen molar-refractivity contribution >= 4 is 12.3 Å². The molecule has 0 saturated heterocycles. The summed E-state index contributed by atoms with van der Waals surface area (Å²) >= 11 is 0. The number of unbranched alkanes of at least 4 members (excludes halogenated alkanes) is 1. The van der Waals surface area contributed by atoms with E-state index in [1.165, 1.54) is 6.92 Å². The molecule has 0 radical (unpaired) electrons. The molecule has 0 N–H and O–H groups in total. The van der Waals surface area contributed by atoms with Crippen LogP contribution in [0.15, 0.2) is 0 Å². The van der Waals surface area contributed by atoms with Gasteiger partial charge in [-0.1, -0.05) is 47.0 Å². The molecule has 0 aliphatic rings. The number of ether oxygens (including phenoxy) is 2. The number of hydrogen-bond donors (Lipinski definition) is 0. The van der Waals surface area contributed by atoms with E-state index in [0.29, 0.717) is 18.8 Å². The summed E-state index contributed by atoms with van der Waals surface area (Å²) in [6, 6.07) is 0. The van der Waals surface area contributed by atoms with Crippen molar-refractivity contribution in [1.82, 2.24) is 0 Å². The summed E-state index contributed by atoms with van der Waals surface area (Å²) in [5, 5.41) is 0. The van der Waals surface area contributed by atoms with Crippen molar-refractivity contribution < 1.29 is 38.6 Å². The van der Waals surface area contributed by atoms with Gasteiger partial charge in [0, 0.05) is 6.42 Å². The molecular weight excluding hydrogens is 368 g/mol. The van der Waals surface area contributed by atoms with E-state index in [2.05, 4.69) is 18.7 Å². The van der Waals surface area contributed by atoms with Crippen molar-refractivity contribution in [2.24, 2.45) is 11.8 Å². The quantitative estimate of drug-likeness (QED) is 0.152. The first-order valence-corrected chi connectivity index (χ1v) is 10.2. The van der Waals surface area contributed by atoms with Gasteiger partial charge in [0.05, 0.1) is 12.7 Å². The van der Waals surface area contributed by atoms with E-state index in [9.17, 15) is 9.59 Å². The van der Waals surface area contributed by atoms with E-state index in [0.717, 1.165) is 25.7 Å². The van der Waals surface area contributed by atoms with Gasteiger partial charge in [-0.3, -0.25) is 9.78 Å². The molecule has 8 heteroatoms. The molecule has 0 amide bonds. The van der Waals surface area contributed by atoms with Crippen LogP contribution in [-0.2, 0) is 29.0 Å². The van der Waals surface area contributed by atoms with Gasteiger partial charge in [-0.2, -0.15) is 0 Å². The predicted molar refractivity (Wildman–Crippen MR) is 103 cm³/mol. The zero-order valence-electron chi connectivity index (χ0n) is 18.4. The molecule has 0 heterocycles. The van der Waals surface area contributed by atoms with Crippen molar-refractivity contribution in [3.8, 4) is 0 Å². The topological polar surface area (TPSA) is 89.5 Å². The SMILES string of the molecule is CCCCC(CC)COC(=O)OOC(C)(CCC(C)C)OOC(=O)OC(C)C. The highest BCUT2D eigenvalue weighted by atomic mass is 17.3. The van der Waals surface area contributed by atoms with E-state index in [1.807, 2.05) is 13.8 Å². The molecule has 0 saturated carbocycles. The molecule has 0 rings (SSSR count). The molecule has 0 fully saturated rings. The first kappa shape index (κ1) is 26.5. The van der Waals surface area contributed by atoms with Gasteiger partial charge in [0.15, 0.2) is 0 Å². The molecule has 0 aromatic heterocycles. The normalized spacial score (nSPS) is 14.5. The van der Waals surface area contributed by atoms with Crippen molar-refractivity contribution in [3.05, 3.63) is 0 Å². The Morgan fingerprint density at radius 2 is 1.54 bits per heavy atom. The first-order valence-electron chi connectivity index (χ1n) is 10.2. The van der Waals surface area contributed by atoms with E-state index in [1.54, 1.807) is 13.8 Å². The Hall–Kier alpha value is -1.54. The third-order valence-electron chi connectivity index (χ3n) is 4.06. The van der Waals surface area contributed by atoms with Crippen LogP contribution in [0.4, 0.5) is 9.59 Å². The summed E-state index contributed by atoms with van der Waals surface area (Å²) in [6.07, 6.45) is 2.76. The van der Waals surface area contributed by atoms with Gasteiger partial charge >= 0.3 is 12.3 Å². The Kier molecular flexibility index (Phi) is 13.7. The van der Waals surface area contributed by atoms with Crippen LogP contribution in [0.5, 0.6) is 0 Å². The van der Waals surface area contributed by atoms with Crippen LogP contribution >= 0.6 is 0 Å². The fourth-order valence-corrected chi connectivity index (χ4v) is 2.21. The minimum Gasteiger partial charge on any atom is -0.432 e. The van der Waals surface area contributed by atoms with Gasteiger partial charge in [-0.05, 0) is 45.4 Å². The number of rotatable bonds is 14. The molecule has 0 aliphatic carbocycles. The third-order valence-corrected chi connectivity index (χ3v) is 4.06. The van der Waals surface area contributed by atoms with Crippen LogP contribution in [0.25, 0.3) is 0 Å². The third kappa shape index (κ3) is 13.6. The van der Waals surface area contributed by atoms with Gasteiger partial charge in [0.2, 0.25) is 0 Å². The minimum atomic E-state index is -1.48. The summed E-state index contributed by atoms with van der Waals surface area (Å²) in [5.74, 6) is -0.860. The average molecular weight is 407 g/mol. The summed E-state index contributed by atoms with van der Waals surface area (Å²) in [7, 11) is 0. The van der Waals surface area contributed by atoms with Gasteiger partial charge < -0.3 is 9.47 Å². The zero-order valence-corrected chi connectivity index (χ0v) is 18.4. The van der Waals surface area contributed by atoms with Crippen LogP contribution in [0.1, 0.15) is 87.0 Å². The summed E-state index contributed by atoms with van der Waals surface area (Å²) in [4.78, 5) is 42.9. The molecular formula is C20H38O8. The molecule has 0 bridgehead atoms. The fourth-order valence-electron chi connectivity index (χ4n) is 2.21. The van der Waals surface area contributed by atoms with Crippen LogP contribution in [0.2, 0.25) is 0 Å². The molecule has 0 spiro atoms. The zero-order chi connectivity index (χ0) is 21.6. The molecule has 2 unspecified atom stereocenters. The van der Waals surface area contributed by atoms with Crippen LogP contribution in [0.3, 0.4) is 0 Å². The second-order valence-corrected chi connectivity index (χ2v) is 7.79. The highest BCUT2D eigenvalue weighted by Crippen LogP contribution is 2.24. The maximum atomic E-state index is 11.8. The largest absolute Gasteiger partial charge is 0.540 e. The van der Waals surface area contributed by atoms with E-state index >= 15 is 0 Å². The summed E-state index contributed by atoms with van der Waals surface area (Å²) in [5.41, 5.74) is 0. The maximum absolute atomic E-state index is 11.8. The lowest BCUT2D eigenvalue weighted by atomic mass is 10.0. The first-order chi connectivity index (χ1) is 13.1. The number of hydrogen-bond acceptors (Lipinski definition) is 8. The lowest BCUT2D eigenvalue weighted by molar-refractivity contribution is -0.477. The predicted octanol–water partition coefficient (Wildman–Crippen LogP) is 5.93. The van der Waals surface area contributed by atoms with Crippen molar-refractivity contribution in [1.29, 1.82) is 0 Å². The summed E-state index contributed by atoms with van der Waals surface area (Å²) in [6.45, 7) is 13.3. The highest BCUT2D eigenvalue weighted by molar-refractivity contribution is 5.59. The van der Waals surface area contributed by atoms with Crippen LogP contribution in [0, 0.1) is 11.8 Å². The van der Waals surface area contributed by atoms with E-state index in [-0.39, 0.29) is 18.6 Å². The Balaban J connectivity index is 4.55. The molecule has 2 atom stereocenters. The molecule has 0 aromatic carbocycles. The van der Waals surface area contributed by atoms with E-state index < -0.39 is 18.1 Å². The average Bonchev–Trinajstić information content (AvgIpc) is 2.63.